The molecule has 2 aliphatic heterocycles. The molecule has 5 rings (SSSR count). The van der Waals surface area contributed by atoms with E-state index in [2.05, 4.69) is 82.2 Å². The Morgan fingerprint density at radius 1 is 0.977 bits per heavy atom. The van der Waals surface area contributed by atoms with Crippen molar-refractivity contribution < 1.29 is 14.3 Å². The van der Waals surface area contributed by atoms with Crippen LogP contribution in [0.4, 0.5) is 4.79 Å². The second-order valence-corrected chi connectivity index (χ2v) is 13.4. The maximum atomic E-state index is 14.6. The Kier molecular flexibility index (Phi) is 10.4. The van der Waals surface area contributed by atoms with Crippen molar-refractivity contribution >= 4 is 49.6 Å². The monoisotopic (exact) mass is 710 g/mol. The molecule has 2 aliphatic rings. The van der Waals surface area contributed by atoms with Gasteiger partial charge in [0.2, 0.25) is 5.91 Å². The fraction of sp³-hybridized carbons (Fsp3) is 0.382. The van der Waals surface area contributed by atoms with Gasteiger partial charge in [-0.15, -0.1) is 0 Å². The molecule has 1 saturated heterocycles. The molecule has 0 unspecified atom stereocenters. The second-order valence-electron chi connectivity index (χ2n) is 11.6. The summed E-state index contributed by atoms with van der Waals surface area (Å²) in [6, 6.07) is 21.4. The highest BCUT2D eigenvalue weighted by molar-refractivity contribution is 9.10. The van der Waals surface area contributed by atoms with E-state index in [-0.39, 0.29) is 37.2 Å². The molecule has 0 spiro atoms. The first-order valence-electron chi connectivity index (χ1n) is 14.3. The Morgan fingerprint density at radius 3 is 2.21 bits per heavy atom. The third-order valence-electron chi connectivity index (χ3n) is 7.67. The summed E-state index contributed by atoms with van der Waals surface area (Å²) in [6.45, 7) is 10.1. The third kappa shape index (κ3) is 7.15. The van der Waals surface area contributed by atoms with E-state index >= 15 is 0 Å². The average Bonchev–Trinajstić information content (AvgIpc) is 3.21. The van der Waals surface area contributed by atoms with E-state index in [1.807, 2.05) is 54.3 Å². The van der Waals surface area contributed by atoms with Crippen LogP contribution in [0.5, 0.6) is 5.75 Å². The highest BCUT2D eigenvalue weighted by atomic mass is 79.9. The normalized spacial score (nSPS) is 18.8. The molecule has 9 heteroatoms. The lowest BCUT2D eigenvalue weighted by Crippen LogP contribution is -2.47. The number of hydrogen-bond donors (Lipinski definition) is 1. The fourth-order valence-corrected chi connectivity index (χ4v) is 5.94. The highest BCUT2D eigenvalue weighted by Gasteiger charge is 2.44. The van der Waals surface area contributed by atoms with Gasteiger partial charge in [0.1, 0.15) is 17.6 Å². The summed E-state index contributed by atoms with van der Waals surface area (Å²) in [7, 11) is 0. The largest absolute Gasteiger partial charge is 0.493 e. The van der Waals surface area contributed by atoms with Crippen molar-refractivity contribution in [2.24, 2.45) is 4.99 Å². The predicted octanol–water partition coefficient (Wildman–Crippen LogP) is 8.03. The number of benzene rings is 3. The first-order chi connectivity index (χ1) is 20.1. The molecule has 3 amide bonds. The number of nitrogens with one attached hydrogen (secondary N) is 1. The molecule has 2 heterocycles. The number of amides is 3. The average molecular weight is 713 g/mol. The number of hydrogen-bond acceptors (Lipinski definition) is 4. The van der Waals surface area contributed by atoms with Crippen LogP contribution in [-0.2, 0) is 10.2 Å². The number of rotatable bonds is 5. The van der Waals surface area contributed by atoms with E-state index in [1.54, 1.807) is 4.90 Å². The molecule has 0 aromatic heterocycles. The molecule has 7 nitrogen and oxygen atoms in total. The lowest BCUT2D eigenvalue weighted by Gasteiger charge is -2.34. The zero-order valence-electron chi connectivity index (χ0n) is 24.4. The number of amidine groups is 1. The molecule has 3 aromatic carbocycles. The Bertz CT molecular complexity index is 1480. The predicted molar refractivity (Wildman–Crippen MR) is 180 cm³/mol. The van der Waals surface area contributed by atoms with E-state index in [0.29, 0.717) is 37.8 Å². The van der Waals surface area contributed by atoms with Crippen molar-refractivity contribution in [1.29, 1.82) is 0 Å². The van der Waals surface area contributed by atoms with E-state index in [0.717, 1.165) is 31.2 Å². The number of nitrogens with zero attached hydrogens (tertiary/aromatic N) is 3. The summed E-state index contributed by atoms with van der Waals surface area (Å²) in [5.74, 6) is 1.21. The van der Waals surface area contributed by atoms with Crippen molar-refractivity contribution in [3.63, 3.8) is 0 Å². The number of carbonyl (C=O) groups is 2. The highest BCUT2D eigenvalue weighted by Crippen LogP contribution is 2.46. The molecular formula is C34H40Br2N4O3. The maximum Gasteiger partial charge on any atom is 0.326 e. The molecule has 228 valence electrons. The van der Waals surface area contributed by atoms with Crippen molar-refractivity contribution in [2.45, 2.75) is 59.0 Å². The van der Waals surface area contributed by atoms with Gasteiger partial charge in [0.25, 0.3) is 0 Å². The van der Waals surface area contributed by atoms with Crippen LogP contribution in [0.1, 0.15) is 75.9 Å². The van der Waals surface area contributed by atoms with Crippen LogP contribution in [0, 0.1) is 0 Å². The van der Waals surface area contributed by atoms with Crippen molar-refractivity contribution in [1.82, 2.24) is 15.1 Å². The number of carbonyl (C=O) groups excluding carboxylic acids is 2. The number of halogens is 2. The Hall–Kier alpha value is -3.17. The van der Waals surface area contributed by atoms with E-state index in [9.17, 15) is 9.59 Å². The van der Waals surface area contributed by atoms with Gasteiger partial charge in [-0.25, -0.2) is 4.79 Å². The van der Waals surface area contributed by atoms with E-state index < -0.39 is 6.04 Å². The first kappa shape index (κ1) is 32.7. The van der Waals surface area contributed by atoms with Crippen LogP contribution >= 0.6 is 31.9 Å². The molecule has 2 atom stereocenters. The third-order valence-corrected chi connectivity index (χ3v) is 8.72. The minimum absolute atomic E-state index is 0. The lowest BCUT2D eigenvalue weighted by molar-refractivity contribution is -0.120. The van der Waals surface area contributed by atoms with Crippen LogP contribution in [0.3, 0.4) is 0 Å². The summed E-state index contributed by atoms with van der Waals surface area (Å²) in [6.07, 6.45) is 0.260. The maximum absolute atomic E-state index is 14.6. The smallest absolute Gasteiger partial charge is 0.326 e. The molecule has 0 radical (unpaired) electrons. The van der Waals surface area contributed by atoms with Crippen LogP contribution in [0.15, 0.2) is 80.7 Å². The summed E-state index contributed by atoms with van der Waals surface area (Å²) in [5, 5.41) is 2.89. The van der Waals surface area contributed by atoms with Gasteiger partial charge in [0.05, 0.1) is 18.2 Å². The summed E-state index contributed by atoms with van der Waals surface area (Å²) in [4.78, 5) is 35.6. The van der Waals surface area contributed by atoms with Gasteiger partial charge in [0.15, 0.2) is 0 Å². The first-order valence-corrected chi connectivity index (χ1v) is 15.9. The SMILES string of the molecule is C.CCOc1cc(C(C)(C)C)ccc1C1=N[C@@H](c2ccc(Br)cc2)[C@@H](c2ccc(Br)cc2)N1C(=O)N1CCNC(=O)CC1. The Morgan fingerprint density at radius 2 is 1.60 bits per heavy atom. The van der Waals surface area contributed by atoms with Crippen LogP contribution in [0.25, 0.3) is 0 Å². The fourth-order valence-electron chi connectivity index (χ4n) is 5.41. The molecular weight excluding hydrogens is 672 g/mol. The summed E-state index contributed by atoms with van der Waals surface area (Å²) >= 11 is 7.12. The number of urea groups is 1. The molecule has 0 saturated carbocycles. The zero-order chi connectivity index (χ0) is 30.0. The second kappa shape index (κ2) is 13.6. The molecule has 0 bridgehead atoms. The van der Waals surface area contributed by atoms with Crippen molar-refractivity contribution in [3.05, 3.63) is 97.9 Å². The van der Waals surface area contributed by atoms with Crippen LogP contribution in [-0.4, -0.2) is 53.8 Å². The van der Waals surface area contributed by atoms with Gasteiger partial charge in [-0.2, -0.15) is 0 Å². The van der Waals surface area contributed by atoms with Crippen molar-refractivity contribution in [2.75, 3.05) is 26.2 Å². The molecule has 43 heavy (non-hydrogen) atoms. The Labute approximate surface area is 272 Å². The van der Waals surface area contributed by atoms with Gasteiger partial charge < -0.3 is 15.0 Å². The van der Waals surface area contributed by atoms with Crippen molar-refractivity contribution in [3.8, 4) is 5.75 Å². The zero-order valence-corrected chi connectivity index (χ0v) is 27.5. The van der Waals surface area contributed by atoms with Gasteiger partial charge in [-0.3, -0.25) is 14.7 Å². The molecule has 0 aliphatic carbocycles. The molecule has 1 N–H and O–H groups in total. The summed E-state index contributed by atoms with van der Waals surface area (Å²) in [5.41, 5.74) is 3.78. The quantitative estimate of drug-likeness (QED) is 0.291. The van der Waals surface area contributed by atoms with Gasteiger partial charge in [-0.1, -0.05) is 90.4 Å². The standard InChI is InChI=1S/C33H36Br2N4O3.CH4/c1-5-42-27-20-23(33(2,3)4)10-15-26(27)31-37-29(21-6-11-24(34)12-7-21)30(22-8-13-25(35)14-9-22)39(31)32(41)38-18-16-28(40)36-17-19-38;/h6-15,20,29-30H,5,16-19H2,1-4H3,(H,36,40);1H4/t29-,30+;/m0./s1. The van der Waals surface area contributed by atoms with E-state index in [1.165, 1.54) is 0 Å². The van der Waals surface area contributed by atoms with Gasteiger partial charge >= 0.3 is 6.03 Å². The minimum Gasteiger partial charge on any atom is -0.493 e. The van der Waals surface area contributed by atoms with E-state index in [4.69, 9.17) is 9.73 Å². The van der Waals surface area contributed by atoms with Crippen LogP contribution in [0.2, 0.25) is 0 Å². The number of aliphatic imine (C=N–C) groups is 1. The molecule has 3 aromatic rings. The Balaban J connectivity index is 0.00000423. The lowest BCUT2D eigenvalue weighted by atomic mass is 9.86. The minimum atomic E-state index is -0.412. The van der Waals surface area contributed by atoms with Gasteiger partial charge in [-0.05, 0) is 65.4 Å². The number of ether oxygens (including phenoxy) is 1. The summed E-state index contributed by atoms with van der Waals surface area (Å²) < 4.78 is 8.13. The molecule has 1 fully saturated rings. The van der Waals surface area contributed by atoms with Crippen LogP contribution < -0.4 is 10.1 Å². The van der Waals surface area contributed by atoms with Gasteiger partial charge in [0, 0.05) is 35.0 Å². The topological polar surface area (TPSA) is 74.2 Å².